The van der Waals surface area contributed by atoms with Gasteiger partial charge >= 0.3 is 0 Å². The molecule has 0 saturated carbocycles. The van der Waals surface area contributed by atoms with Gasteiger partial charge in [-0.2, -0.15) is 0 Å². The standard InChI is InChI=1S/C20H40N4O/c1-4-18(5-2)19-9-12-24(17-19)20(21-6-3)22-10-7-8-11-23-13-15-25-16-14-23/h18-19H,4-17H2,1-3H3,(H,21,22). The van der Waals surface area contributed by atoms with E-state index in [1.54, 1.807) is 0 Å². The van der Waals surface area contributed by atoms with Gasteiger partial charge in [-0.3, -0.25) is 9.89 Å². The third kappa shape index (κ3) is 6.78. The van der Waals surface area contributed by atoms with Gasteiger partial charge in [-0.15, -0.1) is 0 Å². The van der Waals surface area contributed by atoms with Gasteiger partial charge in [0, 0.05) is 39.3 Å². The first-order valence-corrected chi connectivity index (χ1v) is 10.6. The van der Waals surface area contributed by atoms with E-state index in [1.807, 2.05) is 0 Å². The second-order valence-electron chi connectivity index (χ2n) is 7.47. The zero-order valence-electron chi connectivity index (χ0n) is 16.8. The molecular weight excluding hydrogens is 312 g/mol. The Kier molecular flexibility index (Phi) is 9.63. The second kappa shape index (κ2) is 11.7. The predicted octanol–water partition coefficient (Wildman–Crippen LogP) is 2.82. The molecule has 0 aliphatic carbocycles. The number of hydrogen-bond donors (Lipinski definition) is 1. The van der Waals surface area contributed by atoms with Crippen molar-refractivity contribution in [2.45, 2.75) is 52.9 Å². The molecule has 0 aromatic heterocycles. The van der Waals surface area contributed by atoms with Crippen LogP contribution in [0, 0.1) is 11.8 Å². The van der Waals surface area contributed by atoms with Gasteiger partial charge in [0.05, 0.1) is 13.2 Å². The Bertz CT molecular complexity index is 378. The molecule has 0 spiro atoms. The number of nitrogens with zero attached hydrogens (tertiary/aromatic N) is 3. The monoisotopic (exact) mass is 352 g/mol. The van der Waals surface area contributed by atoms with E-state index in [0.29, 0.717) is 0 Å². The highest BCUT2D eigenvalue weighted by Gasteiger charge is 2.29. The van der Waals surface area contributed by atoms with Gasteiger partial charge < -0.3 is 15.0 Å². The number of rotatable bonds is 9. The number of ether oxygens (including phenoxy) is 1. The van der Waals surface area contributed by atoms with Crippen LogP contribution < -0.4 is 5.32 Å². The van der Waals surface area contributed by atoms with Crippen LogP contribution in [0.3, 0.4) is 0 Å². The van der Waals surface area contributed by atoms with Crippen molar-refractivity contribution >= 4 is 5.96 Å². The van der Waals surface area contributed by atoms with Crippen LogP contribution in [0.1, 0.15) is 52.9 Å². The highest BCUT2D eigenvalue weighted by Crippen LogP contribution is 2.28. The molecule has 0 radical (unpaired) electrons. The minimum Gasteiger partial charge on any atom is -0.379 e. The number of hydrogen-bond acceptors (Lipinski definition) is 3. The third-order valence-electron chi connectivity index (χ3n) is 5.82. The lowest BCUT2D eigenvalue weighted by molar-refractivity contribution is 0.0373. The quantitative estimate of drug-likeness (QED) is 0.393. The molecule has 0 bridgehead atoms. The summed E-state index contributed by atoms with van der Waals surface area (Å²) in [5.74, 6) is 2.86. The lowest BCUT2D eigenvalue weighted by atomic mass is 9.87. The molecule has 146 valence electrons. The molecule has 25 heavy (non-hydrogen) atoms. The molecular formula is C20H40N4O. The summed E-state index contributed by atoms with van der Waals surface area (Å²) >= 11 is 0. The molecule has 2 saturated heterocycles. The van der Waals surface area contributed by atoms with Crippen LogP contribution >= 0.6 is 0 Å². The number of guanidine groups is 1. The molecule has 2 aliphatic rings. The Hall–Kier alpha value is -0.810. The average molecular weight is 353 g/mol. The van der Waals surface area contributed by atoms with E-state index in [9.17, 15) is 0 Å². The summed E-state index contributed by atoms with van der Waals surface area (Å²) in [5.41, 5.74) is 0. The van der Waals surface area contributed by atoms with E-state index in [1.165, 1.54) is 51.7 Å². The predicted molar refractivity (Wildman–Crippen MR) is 106 cm³/mol. The van der Waals surface area contributed by atoms with Crippen molar-refractivity contribution in [3.05, 3.63) is 0 Å². The topological polar surface area (TPSA) is 40.1 Å². The van der Waals surface area contributed by atoms with Crippen LogP contribution in [0.2, 0.25) is 0 Å². The van der Waals surface area contributed by atoms with Crippen LogP contribution in [0.25, 0.3) is 0 Å². The molecule has 1 atom stereocenters. The van der Waals surface area contributed by atoms with Crippen molar-refractivity contribution in [3.63, 3.8) is 0 Å². The van der Waals surface area contributed by atoms with E-state index in [4.69, 9.17) is 9.73 Å². The van der Waals surface area contributed by atoms with Crippen LogP contribution in [0.5, 0.6) is 0 Å². The number of nitrogens with one attached hydrogen (secondary N) is 1. The smallest absolute Gasteiger partial charge is 0.193 e. The Morgan fingerprint density at radius 3 is 2.56 bits per heavy atom. The molecule has 2 heterocycles. The maximum Gasteiger partial charge on any atom is 0.193 e. The normalized spacial score (nSPS) is 22.8. The Labute approximate surface area is 155 Å². The fourth-order valence-corrected chi connectivity index (χ4v) is 4.20. The molecule has 2 fully saturated rings. The summed E-state index contributed by atoms with van der Waals surface area (Å²) in [7, 11) is 0. The van der Waals surface area contributed by atoms with Gasteiger partial charge in [-0.25, -0.2) is 0 Å². The lowest BCUT2D eigenvalue weighted by Gasteiger charge is -2.26. The van der Waals surface area contributed by atoms with Crippen molar-refractivity contribution in [1.29, 1.82) is 0 Å². The highest BCUT2D eigenvalue weighted by atomic mass is 16.5. The van der Waals surface area contributed by atoms with Gasteiger partial charge in [0.25, 0.3) is 0 Å². The Balaban J connectivity index is 1.72. The van der Waals surface area contributed by atoms with E-state index in [-0.39, 0.29) is 0 Å². The summed E-state index contributed by atoms with van der Waals surface area (Å²) < 4.78 is 5.41. The van der Waals surface area contributed by atoms with Gasteiger partial charge in [-0.1, -0.05) is 26.7 Å². The number of morpholine rings is 1. The largest absolute Gasteiger partial charge is 0.379 e. The first kappa shape index (κ1) is 20.5. The summed E-state index contributed by atoms with van der Waals surface area (Å²) in [4.78, 5) is 9.92. The number of likely N-dealkylation sites (tertiary alicyclic amines) is 1. The molecule has 1 N–H and O–H groups in total. The van der Waals surface area contributed by atoms with Crippen molar-refractivity contribution in [1.82, 2.24) is 15.1 Å². The second-order valence-corrected chi connectivity index (χ2v) is 7.47. The molecule has 5 heteroatoms. The molecule has 0 amide bonds. The molecule has 1 unspecified atom stereocenters. The van der Waals surface area contributed by atoms with E-state index < -0.39 is 0 Å². The van der Waals surface area contributed by atoms with E-state index in [0.717, 1.165) is 57.2 Å². The SMILES string of the molecule is CCNC(=NCCCCN1CCOCC1)N1CCC(C(CC)CC)C1. The Morgan fingerprint density at radius 2 is 1.88 bits per heavy atom. The van der Waals surface area contributed by atoms with Gasteiger partial charge in [0.1, 0.15) is 0 Å². The average Bonchev–Trinajstić information content (AvgIpc) is 3.12. The molecule has 5 nitrogen and oxygen atoms in total. The summed E-state index contributed by atoms with van der Waals surface area (Å²) in [6.45, 7) is 16.3. The third-order valence-corrected chi connectivity index (χ3v) is 5.82. The van der Waals surface area contributed by atoms with Gasteiger partial charge in [-0.05, 0) is 44.6 Å². The molecule has 0 aromatic rings. The van der Waals surface area contributed by atoms with Crippen LogP contribution in [0.15, 0.2) is 4.99 Å². The van der Waals surface area contributed by atoms with E-state index >= 15 is 0 Å². The molecule has 2 aliphatic heterocycles. The summed E-state index contributed by atoms with van der Waals surface area (Å²) in [6.07, 6.45) is 6.36. The number of unbranched alkanes of at least 4 members (excludes halogenated alkanes) is 1. The van der Waals surface area contributed by atoms with Crippen molar-refractivity contribution < 1.29 is 4.74 Å². The first-order chi connectivity index (χ1) is 12.3. The number of aliphatic imine (C=N–C) groups is 1. The maximum atomic E-state index is 5.41. The minimum atomic E-state index is 0.847. The minimum absolute atomic E-state index is 0.847. The lowest BCUT2D eigenvalue weighted by Crippen LogP contribution is -2.40. The van der Waals surface area contributed by atoms with Crippen molar-refractivity contribution in [2.75, 3.05) is 59.0 Å². The zero-order chi connectivity index (χ0) is 17.9. The fraction of sp³-hybridized carbons (Fsp3) is 0.950. The van der Waals surface area contributed by atoms with E-state index in [2.05, 4.69) is 35.9 Å². The summed E-state index contributed by atoms with van der Waals surface area (Å²) in [6, 6.07) is 0. The fourth-order valence-electron chi connectivity index (χ4n) is 4.20. The maximum absolute atomic E-state index is 5.41. The van der Waals surface area contributed by atoms with Crippen LogP contribution in [0.4, 0.5) is 0 Å². The molecule has 0 aromatic carbocycles. The van der Waals surface area contributed by atoms with Gasteiger partial charge in [0.15, 0.2) is 5.96 Å². The first-order valence-electron chi connectivity index (χ1n) is 10.6. The van der Waals surface area contributed by atoms with Crippen LogP contribution in [-0.2, 0) is 4.74 Å². The van der Waals surface area contributed by atoms with Gasteiger partial charge in [0.2, 0.25) is 0 Å². The zero-order valence-corrected chi connectivity index (χ0v) is 16.8. The summed E-state index contributed by atoms with van der Waals surface area (Å²) in [5, 5.41) is 3.51. The van der Waals surface area contributed by atoms with Crippen LogP contribution in [-0.4, -0.2) is 74.8 Å². The molecule has 2 rings (SSSR count). The highest BCUT2D eigenvalue weighted by molar-refractivity contribution is 5.80. The van der Waals surface area contributed by atoms with Crippen molar-refractivity contribution in [3.8, 4) is 0 Å². The Morgan fingerprint density at radius 1 is 1.12 bits per heavy atom. The van der Waals surface area contributed by atoms with Crippen molar-refractivity contribution in [2.24, 2.45) is 16.8 Å².